The van der Waals surface area contributed by atoms with Crippen LogP contribution in [0.15, 0.2) is 88.8 Å². The Hall–Kier alpha value is -3.77. The molecule has 0 aliphatic heterocycles. The number of amides is 1. The molecule has 0 aliphatic rings. The quantitative estimate of drug-likeness (QED) is 0.376. The number of hydrogen-bond acceptors (Lipinski definition) is 4. The first kappa shape index (κ1) is 20.5. The van der Waals surface area contributed by atoms with E-state index in [-0.39, 0.29) is 5.56 Å². The van der Waals surface area contributed by atoms with E-state index in [9.17, 15) is 9.59 Å². The van der Waals surface area contributed by atoms with Crippen LogP contribution in [-0.4, -0.2) is 21.7 Å². The fourth-order valence-electron chi connectivity index (χ4n) is 3.25. The summed E-state index contributed by atoms with van der Waals surface area (Å²) in [4.78, 5) is 30.8. The van der Waals surface area contributed by atoms with Crippen LogP contribution in [0.2, 0.25) is 5.02 Å². The molecule has 1 aromatic heterocycles. The van der Waals surface area contributed by atoms with Gasteiger partial charge < -0.3 is 0 Å². The number of benzene rings is 3. The van der Waals surface area contributed by atoms with Gasteiger partial charge in [0.15, 0.2) is 0 Å². The van der Waals surface area contributed by atoms with Gasteiger partial charge >= 0.3 is 0 Å². The molecule has 0 saturated carbocycles. The van der Waals surface area contributed by atoms with E-state index in [0.717, 1.165) is 5.56 Å². The summed E-state index contributed by atoms with van der Waals surface area (Å²) in [6.07, 6.45) is 1.46. The number of nitrogens with zero attached hydrogens (tertiary/aromatic N) is 3. The first-order valence-corrected chi connectivity index (χ1v) is 10.1. The van der Waals surface area contributed by atoms with Crippen LogP contribution in [0.4, 0.5) is 0 Å². The minimum absolute atomic E-state index is 0.290. The van der Waals surface area contributed by atoms with Gasteiger partial charge in [0.25, 0.3) is 11.5 Å². The van der Waals surface area contributed by atoms with Crippen LogP contribution in [-0.2, 0) is 4.79 Å². The van der Waals surface area contributed by atoms with E-state index in [1.807, 2.05) is 48.5 Å². The zero-order valence-corrected chi connectivity index (χ0v) is 17.5. The normalized spacial score (nSPS) is 12.2. The highest BCUT2D eigenvalue weighted by Crippen LogP contribution is 2.22. The summed E-state index contributed by atoms with van der Waals surface area (Å²) in [5.41, 5.74) is 4.19. The fraction of sp³-hybridized carbons (Fsp3) is 0.0833. The number of nitrogens with one attached hydrogen (secondary N) is 1. The number of fused-ring (bicyclic) bond motifs is 1. The molecule has 0 saturated heterocycles. The molecule has 4 aromatic rings. The van der Waals surface area contributed by atoms with Crippen molar-refractivity contribution in [2.75, 3.05) is 0 Å². The molecular weight excluding hydrogens is 412 g/mol. The zero-order chi connectivity index (χ0) is 21.8. The molecule has 1 heterocycles. The third kappa shape index (κ3) is 4.25. The maximum atomic E-state index is 13.3. The predicted octanol–water partition coefficient (Wildman–Crippen LogP) is 4.43. The van der Waals surface area contributed by atoms with Gasteiger partial charge in [-0.2, -0.15) is 5.10 Å². The van der Waals surface area contributed by atoms with Crippen molar-refractivity contribution < 1.29 is 4.79 Å². The van der Waals surface area contributed by atoms with Gasteiger partial charge in [-0.1, -0.05) is 72.3 Å². The lowest BCUT2D eigenvalue weighted by molar-refractivity contribution is -0.123. The Morgan fingerprint density at radius 2 is 1.71 bits per heavy atom. The van der Waals surface area contributed by atoms with Gasteiger partial charge in [-0.15, -0.1) is 0 Å². The van der Waals surface area contributed by atoms with Crippen molar-refractivity contribution in [3.63, 3.8) is 0 Å². The van der Waals surface area contributed by atoms with Gasteiger partial charge in [0.05, 0.1) is 17.1 Å². The van der Waals surface area contributed by atoms with Crippen molar-refractivity contribution in [1.82, 2.24) is 15.0 Å². The van der Waals surface area contributed by atoms with Crippen molar-refractivity contribution in [3.8, 4) is 11.4 Å². The van der Waals surface area contributed by atoms with Gasteiger partial charge in [0.2, 0.25) is 0 Å². The summed E-state index contributed by atoms with van der Waals surface area (Å²) in [6.45, 7) is 1.64. The smallest absolute Gasteiger partial charge is 0.263 e. The molecule has 6 nitrogen and oxygen atoms in total. The molecule has 1 amide bonds. The van der Waals surface area contributed by atoms with Crippen LogP contribution in [0.25, 0.3) is 22.3 Å². The van der Waals surface area contributed by atoms with Crippen LogP contribution in [0.5, 0.6) is 0 Å². The van der Waals surface area contributed by atoms with E-state index in [1.54, 1.807) is 37.3 Å². The minimum atomic E-state index is -0.844. The molecule has 3 aromatic carbocycles. The van der Waals surface area contributed by atoms with E-state index in [4.69, 9.17) is 11.6 Å². The second-order valence-electron chi connectivity index (χ2n) is 6.93. The number of rotatable bonds is 5. The standard InChI is InChI=1S/C24H19ClN4O2/c1-16(23(30)28-26-15-18-11-5-7-13-20(18)25)29-22(17-9-3-2-4-10-17)27-21-14-8-6-12-19(21)24(29)31/h2-16H,1H3,(H,28,30)/b26-15+/t16-/m0/s1. The van der Waals surface area contributed by atoms with Crippen LogP contribution < -0.4 is 11.0 Å². The van der Waals surface area contributed by atoms with Gasteiger partial charge in [-0.3, -0.25) is 14.2 Å². The van der Waals surface area contributed by atoms with Crippen molar-refractivity contribution in [1.29, 1.82) is 0 Å². The number of halogens is 1. The minimum Gasteiger partial charge on any atom is -0.280 e. The molecular formula is C24H19ClN4O2. The molecule has 1 N–H and O–H groups in total. The van der Waals surface area contributed by atoms with Crippen LogP contribution in [0.3, 0.4) is 0 Å². The van der Waals surface area contributed by atoms with E-state index in [2.05, 4.69) is 15.5 Å². The molecule has 31 heavy (non-hydrogen) atoms. The number of carbonyl (C=O) groups is 1. The molecule has 4 rings (SSSR count). The Morgan fingerprint density at radius 1 is 1.03 bits per heavy atom. The maximum Gasteiger partial charge on any atom is 0.263 e. The van der Waals surface area contributed by atoms with E-state index in [1.165, 1.54) is 10.8 Å². The summed E-state index contributed by atoms with van der Waals surface area (Å²) in [5, 5.41) is 4.97. The lowest BCUT2D eigenvalue weighted by Crippen LogP contribution is -2.35. The van der Waals surface area contributed by atoms with Gasteiger partial charge in [-0.25, -0.2) is 10.4 Å². The third-order valence-corrected chi connectivity index (χ3v) is 5.23. The zero-order valence-electron chi connectivity index (χ0n) is 16.7. The van der Waals surface area contributed by atoms with Crippen LogP contribution in [0, 0.1) is 0 Å². The van der Waals surface area contributed by atoms with E-state index < -0.39 is 11.9 Å². The Kier molecular flexibility index (Phi) is 5.91. The lowest BCUT2D eigenvalue weighted by atomic mass is 10.1. The number of hydrogen-bond donors (Lipinski definition) is 1. The highest BCUT2D eigenvalue weighted by Gasteiger charge is 2.22. The molecule has 0 fully saturated rings. The Labute approximate surface area is 183 Å². The van der Waals surface area contributed by atoms with Gasteiger partial charge in [-0.05, 0) is 25.1 Å². The third-order valence-electron chi connectivity index (χ3n) is 4.89. The van der Waals surface area contributed by atoms with E-state index in [0.29, 0.717) is 27.3 Å². The number of hydrazone groups is 1. The topological polar surface area (TPSA) is 76.3 Å². The van der Waals surface area contributed by atoms with Crippen LogP contribution >= 0.6 is 11.6 Å². The number of aromatic nitrogens is 2. The van der Waals surface area contributed by atoms with Crippen LogP contribution in [0.1, 0.15) is 18.5 Å². The highest BCUT2D eigenvalue weighted by atomic mass is 35.5. The average Bonchev–Trinajstić information content (AvgIpc) is 2.80. The Morgan fingerprint density at radius 3 is 2.48 bits per heavy atom. The molecule has 0 unspecified atom stereocenters. The predicted molar refractivity (Wildman–Crippen MR) is 123 cm³/mol. The summed E-state index contributed by atoms with van der Waals surface area (Å²) >= 11 is 6.11. The summed E-state index contributed by atoms with van der Waals surface area (Å²) in [7, 11) is 0. The lowest BCUT2D eigenvalue weighted by Gasteiger charge is -2.18. The Balaban J connectivity index is 1.72. The SMILES string of the molecule is C[C@@H](C(=O)N/N=C/c1ccccc1Cl)n1c(-c2ccccc2)nc2ccccc2c1=O. The molecule has 154 valence electrons. The Bertz CT molecular complexity index is 1330. The largest absolute Gasteiger partial charge is 0.280 e. The first-order chi connectivity index (χ1) is 15.1. The van der Waals surface area contributed by atoms with Crippen molar-refractivity contribution >= 4 is 34.6 Å². The maximum absolute atomic E-state index is 13.3. The molecule has 0 spiro atoms. The van der Waals surface area contributed by atoms with E-state index >= 15 is 0 Å². The summed E-state index contributed by atoms with van der Waals surface area (Å²) in [6, 6.07) is 22.7. The molecule has 7 heteroatoms. The van der Waals surface area contributed by atoms with Gasteiger partial charge in [0, 0.05) is 16.1 Å². The molecule has 1 atom stereocenters. The molecule has 0 bridgehead atoms. The second-order valence-corrected chi connectivity index (χ2v) is 7.33. The summed E-state index contributed by atoms with van der Waals surface area (Å²) in [5.74, 6) is -0.0262. The monoisotopic (exact) mass is 430 g/mol. The molecule has 0 aliphatic carbocycles. The molecule has 0 radical (unpaired) electrons. The average molecular weight is 431 g/mol. The van der Waals surface area contributed by atoms with Crippen molar-refractivity contribution in [3.05, 3.63) is 99.8 Å². The number of carbonyl (C=O) groups excluding carboxylic acids is 1. The van der Waals surface area contributed by atoms with Crippen molar-refractivity contribution in [2.45, 2.75) is 13.0 Å². The fourth-order valence-corrected chi connectivity index (χ4v) is 3.44. The van der Waals surface area contributed by atoms with Gasteiger partial charge in [0.1, 0.15) is 11.9 Å². The van der Waals surface area contributed by atoms with Crippen molar-refractivity contribution in [2.24, 2.45) is 5.10 Å². The highest BCUT2D eigenvalue weighted by molar-refractivity contribution is 6.33. The second kappa shape index (κ2) is 8.93. The number of para-hydroxylation sites is 1. The summed E-state index contributed by atoms with van der Waals surface area (Å²) < 4.78 is 1.40. The first-order valence-electron chi connectivity index (χ1n) is 9.70.